The van der Waals surface area contributed by atoms with Gasteiger partial charge in [0.25, 0.3) is 0 Å². The highest BCUT2D eigenvalue weighted by atomic mass is 15.3. The average Bonchev–Trinajstić information content (AvgIpc) is 2.05. The summed E-state index contributed by atoms with van der Waals surface area (Å²) in [4.78, 5) is 2.58. The number of hydrogen-bond acceptors (Lipinski definition) is 2. The largest absolute Gasteiger partial charge is 0.302 e. The van der Waals surface area contributed by atoms with Gasteiger partial charge in [-0.15, -0.1) is 0 Å². The van der Waals surface area contributed by atoms with E-state index in [1.807, 2.05) is 0 Å². The number of fused-ring (bicyclic) bond motifs is 2. The van der Waals surface area contributed by atoms with Crippen LogP contribution in [-0.4, -0.2) is 30.7 Å². The predicted molar refractivity (Wildman–Crippen MR) is 51.0 cm³/mol. The molecule has 2 nitrogen and oxygen atoms in total. The van der Waals surface area contributed by atoms with E-state index in [4.69, 9.17) is 0 Å². The summed E-state index contributed by atoms with van der Waals surface area (Å²) in [5, 5.41) is 3.52. The molecule has 70 valence electrons. The zero-order valence-electron chi connectivity index (χ0n) is 8.27. The molecule has 0 aromatic heterocycles. The Bertz CT molecular complexity index is 157. The first-order valence-corrected chi connectivity index (χ1v) is 5.20. The number of hydrogen-bond donors (Lipinski definition) is 1. The summed E-state index contributed by atoms with van der Waals surface area (Å²) in [5.74, 6) is 0. The van der Waals surface area contributed by atoms with Crippen LogP contribution < -0.4 is 5.32 Å². The molecule has 0 saturated carbocycles. The second-order valence-corrected chi connectivity index (χ2v) is 4.33. The molecule has 0 aromatic rings. The van der Waals surface area contributed by atoms with Gasteiger partial charge in [-0.25, -0.2) is 0 Å². The van der Waals surface area contributed by atoms with Gasteiger partial charge in [-0.3, -0.25) is 4.90 Å². The molecule has 2 aliphatic rings. The van der Waals surface area contributed by atoms with Crippen molar-refractivity contribution in [1.82, 2.24) is 10.2 Å². The molecule has 12 heavy (non-hydrogen) atoms. The molecule has 0 radical (unpaired) electrons. The monoisotopic (exact) mass is 168 g/mol. The Morgan fingerprint density at radius 1 is 1.25 bits per heavy atom. The van der Waals surface area contributed by atoms with Crippen molar-refractivity contribution in [2.75, 3.05) is 14.1 Å². The van der Waals surface area contributed by atoms with Crippen LogP contribution in [0.25, 0.3) is 0 Å². The molecule has 0 atom stereocenters. The third-order valence-electron chi connectivity index (χ3n) is 3.94. The molecule has 2 heteroatoms. The van der Waals surface area contributed by atoms with Crippen LogP contribution in [0.4, 0.5) is 0 Å². The summed E-state index contributed by atoms with van der Waals surface area (Å²) in [6.45, 7) is 0. The van der Waals surface area contributed by atoms with E-state index in [1.54, 1.807) is 0 Å². The zero-order chi connectivity index (χ0) is 8.60. The highest BCUT2D eigenvalue weighted by Crippen LogP contribution is 2.38. The molecular weight excluding hydrogens is 148 g/mol. The fourth-order valence-corrected chi connectivity index (χ4v) is 3.05. The van der Waals surface area contributed by atoms with Crippen molar-refractivity contribution in [1.29, 1.82) is 0 Å². The summed E-state index contributed by atoms with van der Waals surface area (Å²) >= 11 is 0. The third-order valence-corrected chi connectivity index (χ3v) is 3.94. The first-order valence-electron chi connectivity index (χ1n) is 5.20. The van der Waals surface area contributed by atoms with Gasteiger partial charge in [0.05, 0.1) is 5.66 Å². The normalized spacial score (nSPS) is 43.0. The molecule has 2 bridgehead atoms. The predicted octanol–water partition coefficient (Wildman–Crippen LogP) is 1.57. The van der Waals surface area contributed by atoms with Crippen LogP contribution in [0, 0.1) is 0 Å². The molecule has 2 rings (SSSR count). The van der Waals surface area contributed by atoms with Crippen LogP contribution in [0.2, 0.25) is 0 Å². The Morgan fingerprint density at radius 2 is 1.83 bits per heavy atom. The van der Waals surface area contributed by atoms with Crippen molar-refractivity contribution in [3.63, 3.8) is 0 Å². The van der Waals surface area contributed by atoms with E-state index < -0.39 is 0 Å². The van der Waals surface area contributed by atoms with Gasteiger partial charge in [0.15, 0.2) is 0 Å². The molecule has 0 aromatic carbocycles. The Labute approximate surface area is 75.3 Å². The third kappa shape index (κ3) is 1.09. The second-order valence-electron chi connectivity index (χ2n) is 4.33. The maximum absolute atomic E-state index is 3.52. The van der Waals surface area contributed by atoms with E-state index >= 15 is 0 Å². The Kier molecular flexibility index (Phi) is 2.13. The van der Waals surface area contributed by atoms with Gasteiger partial charge in [-0.1, -0.05) is 0 Å². The Hall–Kier alpha value is -0.0800. The Balaban J connectivity index is 2.18. The minimum absolute atomic E-state index is 0.362. The molecule has 2 heterocycles. The summed E-state index contributed by atoms with van der Waals surface area (Å²) in [6, 6.07) is 0.861. The lowest BCUT2D eigenvalue weighted by molar-refractivity contribution is -0.0367. The fraction of sp³-hybridized carbons (Fsp3) is 1.00. The molecule has 0 unspecified atom stereocenters. The first kappa shape index (κ1) is 8.52. The standard InChI is InChI=1S/C10H20N2/c1-11-10-7-3-5-9(12(10)2)6-4-8-10/h9,11H,3-8H2,1-2H3. The molecule has 2 saturated heterocycles. The average molecular weight is 168 g/mol. The summed E-state index contributed by atoms with van der Waals surface area (Å²) in [6.07, 6.45) is 8.35. The molecule has 2 aliphatic heterocycles. The van der Waals surface area contributed by atoms with Crippen LogP contribution in [0.1, 0.15) is 38.5 Å². The summed E-state index contributed by atoms with van der Waals surface area (Å²) < 4.78 is 0. The topological polar surface area (TPSA) is 15.3 Å². The number of rotatable bonds is 1. The van der Waals surface area contributed by atoms with Gasteiger partial charge >= 0.3 is 0 Å². The zero-order valence-corrected chi connectivity index (χ0v) is 8.27. The van der Waals surface area contributed by atoms with Crippen LogP contribution in [0.15, 0.2) is 0 Å². The van der Waals surface area contributed by atoms with Gasteiger partial charge in [0, 0.05) is 6.04 Å². The van der Waals surface area contributed by atoms with E-state index in [9.17, 15) is 0 Å². The van der Waals surface area contributed by atoms with Crippen molar-refractivity contribution in [3.8, 4) is 0 Å². The SMILES string of the molecule is CNC12CCCC(CCC1)N2C. The molecule has 0 spiro atoms. The van der Waals surface area contributed by atoms with Crippen molar-refractivity contribution >= 4 is 0 Å². The van der Waals surface area contributed by atoms with E-state index in [2.05, 4.69) is 24.3 Å². The maximum atomic E-state index is 3.52. The van der Waals surface area contributed by atoms with Crippen LogP contribution in [-0.2, 0) is 0 Å². The minimum Gasteiger partial charge on any atom is -0.302 e. The molecular formula is C10H20N2. The number of nitrogens with zero attached hydrogens (tertiary/aromatic N) is 1. The lowest BCUT2D eigenvalue weighted by Crippen LogP contribution is -2.63. The van der Waals surface area contributed by atoms with E-state index in [1.165, 1.54) is 38.5 Å². The van der Waals surface area contributed by atoms with Crippen molar-refractivity contribution in [2.45, 2.75) is 50.2 Å². The number of piperidine rings is 2. The highest BCUT2D eigenvalue weighted by Gasteiger charge is 2.42. The lowest BCUT2D eigenvalue weighted by Gasteiger charge is -2.53. The van der Waals surface area contributed by atoms with Crippen LogP contribution >= 0.6 is 0 Å². The van der Waals surface area contributed by atoms with Gasteiger partial charge in [0.1, 0.15) is 0 Å². The number of nitrogens with one attached hydrogen (secondary N) is 1. The Morgan fingerprint density at radius 3 is 2.25 bits per heavy atom. The van der Waals surface area contributed by atoms with E-state index in [0.29, 0.717) is 5.66 Å². The fourth-order valence-electron chi connectivity index (χ4n) is 3.05. The van der Waals surface area contributed by atoms with Crippen LogP contribution in [0.5, 0.6) is 0 Å². The highest BCUT2D eigenvalue weighted by molar-refractivity contribution is 4.96. The molecule has 1 N–H and O–H groups in total. The minimum atomic E-state index is 0.362. The second kappa shape index (κ2) is 3.00. The molecule has 0 amide bonds. The van der Waals surface area contributed by atoms with Gasteiger partial charge in [0.2, 0.25) is 0 Å². The van der Waals surface area contributed by atoms with Gasteiger partial charge in [-0.2, -0.15) is 0 Å². The first-order chi connectivity index (χ1) is 5.78. The molecule has 0 aliphatic carbocycles. The van der Waals surface area contributed by atoms with Crippen LogP contribution in [0.3, 0.4) is 0 Å². The van der Waals surface area contributed by atoms with E-state index in [-0.39, 0.29) is 0 Å². The van der Waals surface area contributed by atoms with E-state index in [0.717, 1.165) is 6.04 Å². The smallest absolute Gasteiger partial charge is 0.0709 e. The molecule has 2 fully saturated rings. The quantitative estimate of drug-likeness (QED) is 0.639. The lowest BCUT2D eigenvalue weighted by atomic mass is 9.80. The van der Waals surface area contributed by atoms with Crippen molar-refractivity contribution in [2.24, 2.45) is 0 Å². The van der Waals surface area contributed by atoms with Gasteiger partial charge in [-0.05, 0) is 52.6 Å². The van der Waals surface area contributed by atoms with Crippen molar-refractivity contribution < 1.29 is 0 Å². The van der Waals surface area contributed by atoms with Gasteiger partial charge < -0.3 is 5.32 Å². The van der Waals surface area contributed by atoms with Crippen molar-refractivity contribution in [3.05, 3.63) is 0 Å². The maximum Gasteiger partial charge on any atom is 0.0709 e. The summed E-state index contributed by atoms with van der Waals surface area (Å²) in [5.41, 5.74) is 0.362. The summed E-state index contributed by atoms with van der Waals surface area (Å²) in [7, 11) is 4.41.